The number of aliphatic carboxylic acids is 2. The fraction of sp³-hybridized carbons (Fsp3) is 0.444. The minimum absolute atomic E-state index is 0.00621. The zero-order valence-electron chi connectivity index (χ0n) is 15.8. The Kier molecular flexibility index (Phi) is 9.97. The van der Waals surface area contributed by atoms with E-state index in [0.29, 0.717) is 17.7 Å². The smallest absolute Gasteiger partial charge is 0.326 e. The quantitative estimate of drug-likeness (QED) is 0.257. The number of nitrogens with one attached hydrogen (secondary N) is 2. The molecule has 1 aromatic rings. The third-order valence-corrected chi connectivity index (χ3v) is 4.62. The summed E-state index contributed by atoms with van der Waals surface area (Å²) in [6, 6.07) is 2.00. The summed E-state index contributed by atoms with van der Waals surface area (Å²) in [6.07, 6.45) is 1.36. The van der Waals surface area contributed by atoms with E-state index in [4.69, 9.17) is 10.8 Å². The second-order valence-corrected chi connectivity index (χ2v) is 7.30. The van der Waals surface area contributed by atoms with Crippen LogP contribution in [-0.4, -0.2) is 69.2 Å². The van der Waals surface area contributed by atoms with Crippen LogP contribution in [0.3, 0.4) is 0 Å². The van der Waals surface area contributed by atoms with E-state index >= 15 is 0 Å². The van der Waals surface area contributed by atoms with Crippen molar-refractivity contribution in [2.45, 2.75) is 37.4 Å². The second kappa shape index (κ2) is 11.9. The van der Waals surface area contributed by atoms with Gasteiger partial charge in [0.2, 0.25) is 11.8 Å². The molecular formula is C18H25N3O7S. The number of aromatic hydroxyl groups is 1. The Hall–Kier alpha value is -2.79. The van der Waals surface area contributed by atoms with E-state index in [1.807, 2.05) is 6.26 Å². The van der Waals surface area contributed by atoms with Crippen molar-refractivity contribution in [2.75, 3.05) is 12.0 Å². The van der Waals surface area contributed by atoms with Gasteiger partial charge >= 0.3 is 11.9 Å². The fourth-order valence-electron chi connectivity index (χ4n) is 2.38. The number of nitrogens with two attached hydrogens (primary N) is 1. The van der Waals surface area contributed by atoms with Gasteiger partial charge in [0, 0.05) is 6.42 Å². The van der Waals surface area contributed by atoms with Crippen molar-refractivity contribution in [3.05, 3.63) is 29.8 Å². The van der Waals surface area contributed by atoms with Gasteiger partial charge in [-0.15, -0.1) is 0 Å². The third kappa shape index (κ3) is 8.83. The van der Waals surface area contributed by atoms with Crippen molar-refractivity contribution in [3.63, 3.8) is 0 Å². The lowest BCUT2D eigenvalue weighted by Gasteiger charge is -2.22. The topological polar surface area (TPSA) is 179 Å². The maximum absolute atomic E-state index is 12.5. The van der Waals surface area contributed by atoms with Crippen LogP contribution in [0.1, 0.15) is 18.4 Å². The molecular weight excluding hydrogens is 402 g/mol. The Morgan fingerprint density at radius 3 is 2.14 bits per heavy atom. The summed E-state index contributed by atoms with van der Waals surface area (Å²) in [7, 11) is 0. The molecule has 11 heteroatoms. The molecule has 0 radical (unpaired) electrons. The van der Waals surface area contributed by atoms with E-state index in [9.17, 15) is 29.4 Å². The summed E-state index contributed by atoms with van der Waals surface area (Å²) in [4.78, 5) is 47.2. The molecule has 0 saturated heterocycles. The summed E-state index contributed by atoms with van der Waals surface area (Å²) in [6.45, 7) is 0. The Balaban J connectivity index is 2.84. The average Bonchev–Trinajstić information content (AvgIpc) is 2.65. The maximum atomic E-state index is 12.5. The van der Waals surface area contributed by atoms with Crippen molar-refractivity contribution in [3.8, 4) is 5.75 Å². The molecule has 0 aromatic heterocycles. The molecule has 0 heterocycles. The molecule has 0 spiro atoms. The molecule has 1 rings (SSSR count). The van der Waals surface area contributed by atoms with Crippen molar-refractivity contribution in [1.82, 2.24) is 10.6 Å². The fourth-order valence-corrected chi connectivity index (χ4v) is 2.87. The van der Waals surface area contributed by atoms with Crippen molar-refractivity contribution in [1.29, 1.82) is 0 Å². The highest BCUT2D eigenvalue weighted by atomic mass is 32.2. The molecule has 29 heavy (non-hydrogen) atoms. The highest BCUT2D eigenvalue weighted by Crippen LogP contribution is 2.12. The Morgan fingerprint density at radius 1 is 1.03 bits per heavy atom. The molecule has 0 bridgehead atoms. The van der Waals surface area contributed by atoms with E-state index < -0.39 is 48.3 Å². The van der Waals surface area contributed by atoms with Crippen LogP contribution in [0, 0.1) is 0 Å². The molecule has 3 unspecified atom stereocenters. The van der Waals surface area contributed by atoms with Gasteiger partial charge < -0.3 is 31.7 Å². The molecule has 0 aliphatic heterocycles. The first-order valence-electron chi connectivity index (χ1n) is 8.71. The number of carbonyl (C=O) groups is 4. The van der Waals surface area contributed by atoms with Gasteiger partial charge in [-0.3, -0.25) is 14.4 Å². The molecule has 10 nitrogen and oxygen atoms in total. The van der Waals surface area contributed by atoms with E-state index in [2.05, 4.69) is 10.6 Å². The largest absolute Gasteiger partial charge is 0.508 e. The van der Waals surface area contributed by atoms with Crippen molar-refractivity contribution < 1.29 is 34.5 Å². The molecule has 0 saturated carbocycles. The lowest BCUT2D eigenvalue weighted by atomic mass is 10.0. The minimum atomic E-state index is -1.47. The summed E-state index contributed by atoms with van der Waals surface area (Å²) in [5.74, 6) is -3.68. The lowest BCUT2D eigenvalue weighted by molar-refractivity contribution is -0.143. The first-order chi connectivity index (χ1) is 13.6. The van der Waals surface area contributed by atoms with Gasteiger partial charge in [0.15, 0.2) is 0 Å². The number of phenols is 1. The van der Waals surface area contributed by atoms with Crippen LogP contribution in [0.5, 0.6) is 5.75 Å². The number of hydrogen-bond acceptors (Lipinski definition) is 7. The van der Waals surface area contributed by atoms with Gasteiger partial charge in [-0.25, -0.2) is 4.79 Å². The van der Waals surface area contributed by atoms with E-state index in [1.54, 1.807) is 0 Å². The number of carboxylic acids is 2. The standard InChI is InChI=1S/C18H25N3O7S/c1-29-7-6-12(19)16(25)20-13(9-15(23)24)17(26)21-14(18(27)28)8-10-2-4-11(22)5-3-10/h2-5,12-14,22H,6-9,19H2,1H3,(H,20,25)(H,21,26)(H,23,24)(H,27,28). The number of hydrogen-bond donors (Lipinski definition) is 6. The predicted octanol–water partition coefficient (Wildman–Crippen LogP) is -0.456. The second-order valence-electron chi connectivity index (χ2n) is 6.32. The van der Waals surface area contributed by atoms with Gasteiger partial charge in [-0.1, -0.05) is 12.1 Å². The highest BCUT2D eigenvalue weighted by Gasteiger charge is 2.29. The number of phenolic OH excluding ortho intramolecular Hbond substituents is 1. The van der Waals surface area contributed by atoms with Crippen LogP contribution in [0.15, 0.2) is 24.3 Å². The van der Waals surface area contributed by atoms with E-state index in [0.717, 1.165) is 0 Å². The number of benzene rings is 1. The van der Waals surface area contributed by atoms with Gasteiger partial charge in [0.05, 0.1) is 12.5 Å². The van der Waals surface area contributed by atoms with Crippen LogP contribution < -0.4 is 16.4 Å². The monoisotopic (exact) mass is 427 g/mol. The average molecular weight is 427 g/mol. The van der Waals surface area contributed by atoms with E-state index in [-0.39, 0.29) is 12.2 Å². The normalized spacial score (nSPS) is 13.7. The zero-order valence-corrected chi connectivity index (χ0v) is 16.6. The summed E-state index contributed by atoms with van der Waals surface area (Å²) in [5, 5.41) is 32.2. The third-order valence-electron chi connectivity index (χ3n) is 3.97. The minimum Gasteiger partial charge on any atom is -0.508 e. The van der Waals surface area contributed by atoms with Crippen molar-refractivity contribution in [2.24, 2.45) is 5.73 Å². The molecule has 7 N–H and O–H groups in total. The molecule has 0 aliphatic carbocycles. The van der Waals surface area contributed by atoms with Gasteiger partial charge in [-0.05, 0) is 36.1 Å². The van der Waals surface area contributed by atoms with Gasteiger partial charge in [-0.2, -0.15) is 11.8 Å². The number of rotatable bonds is 12. The first kappa shape index (κ1) is 24.2. The number of carboxylic acid groups (broad SMARTS) is 2. The van der Waals surface area contributed by atoms with Crippen LogP contribution in [0.25, 0.3) is 0 Å². The molecule has 2 amide bonds. The molecule has 1 aromatic carbocycles. The highest BCUT2D eigenvalue weighted by molar-refractivity contribution is 7.98. The zero-order chi connectivity index (χ0) is 22.0. The van der Waals surface area contributed by atoms with Gasteiger partial charge in [0.25, 0.3) is 0 Å². The molecule has 0 aliphatic rings. The van der Waals surface area contributed by atoms with Gasteiger partial charge in [0.1, 0.15) is 17.8 Å². The molecule has 160 valence electrons. The number of amides is 2. The van der Waals surface area contributed by atoms with Crippen LogP contribution >= 0.6 is 11.8 Å². The summed E-state index contributed by atoms with van der Waals surface area (Å²) in [5.41, 5.74) is 6.26. The van der Waals surface area contributed by atoms with Crippen LogP contribution in [-0.2, 0) is 25.6 Å². The number of carbonyl (C=O) groups excluding carboxylic acids is 2. The molecule has 3 atom stereocenters. The summed E-state index contributed by atoms with van der Waals surface area (Å²) < 4.78 is 0. The SMILES string of the molecule is CSCCC(N)C(=O)NC(CC(=O)O)C(=O)NC(Cc1ccc(O)cc1)C(=O)O. The lowest BCUT2D eigenvalue weighted by Crippen LogP contribution is -2.55. The van der Waals surface area contributed by atoms with E-state index in [1.165, 1.54) is 36.0 Å². The predicted molar refractivity (Wildman–Crippen MR) is 107 cm³/mol. The number of thioether (sulfide) groups is 1. The van der Waals surface area contributed by atoms with Crippen LogP contribution in [0.4, 0.5) is 0 Å². The summed E-state index contributed by atoms with van der Waals surface area (Å²) >= 11 is 1.48. The Bertz CT molecular complexity index is 727. The van der Waals surface area contributed by atoms with Crippen LogP contribution in [0.2, 0.25) is 0 Å². The van der Waals surface area contributed by atoms with Crippen molar-refractivity contribution >= 4 is 35.5 Å². The first-order valence-corrected chi connectivity index (χ1v) is 10.1. The maximum Gasteiger partial charge on any atom is 0.326 e. The molecule has 0 fully saturated rings. The Labute approximate surface area is 171 Å². The Morgan fingerprint density at radius 2 is 1.62 bits per heavy atom.